The fraction of sp³-hybridized carbons (Fsp3) is 0.737. The number of hydrogen-bond acceptors (Lipinski definition) is 2. The number of amides is 1. The molecule has 2 N–H and O–H groups in total. The Morgan fingerprint density at radius 1 is 1.30 bits per heavy atom. The van der Waals surface area contributed by atoms with Gasteiger partial charge in [-0.25, -0.2) is 0 Å². The van der Waals surface area contributed by atoms with Gasteiger partial charge in [-0.2, -0.15) is 0 Å². The van der Waals surface area contributed by atoms with Gasteiger partial charge in [-0.3, -0.25) is 9.28 Å². The lowest BCUT2D eigenvalue weighted by Crippen LogP contribution is -2.62. The van der Waals surface area contributed by atoms with Crippen LogP contribution in [0, 0.1) is 0 Å². The van der Waals surface area contributed by atoms with Crippen LogP contribution in [0.3, 0.4) is 0 Å². The van der Waals surface area contributed by atoms with Gasteiger partial charge in [0.2, 0.25) is 5.91 Å². The predicted octanol–water partition coefficient (Wildman–Crippen LogP) is 4.01. The molecule has 0 aromatic carbocycles. The Bertz CT molecular complexity index is 394. The third-order valence-electron chi connectivity index (χ3n) is 5.04. The molecule has 3 unspecified atom stereocenters. The molecule has 0 aliphatic carbocycles. The minimum Gasteiger partial charge on any atom is -0.338 e. The molecule has 4 heteroatoms. The van der Waals surface area contributed by atoms with Crippen LogP contribution in [0.2, 0.25) is 0 Å². The summed E-state index contributed by atoms with van der Waals surface area (Å²) in [4.78, 5) is 11.4. The van der Waals surface area contributed by atoms with E-state index in [-0.39, 0.29) is 12.1 Å². The maximum Gasteiger partial charge on any atom is 0.221 e. The molecule has 23 heavy (non-hydrogen) atoms. The van der Waals surface area contributed by atoms with E-state index in [1.54, 1.807) is 6.92 Å². The van der Waals surface area contributed by atoms with Gasteiger partial charge in [-0.1, -0.05) is 31.8 Å². The van der Waals surface area contributed by atoms with Crippen molar-refractivity contribution in [3.63, 3.8) is 0 Å². The first-order valence-corrected chi connectivity index (χ1v) is 9.25. The molecule has 1 rings (SSSR count). The van der Waals surface area contributed by atoms with Crippen LogP contribution in [-0.4, -0.2) is 29.3 Å². The highest BCUT2D eigenvalue weighted by Gasteiger charge is 2.41. The van der Waals surface area contributed by atoms with Crippen LogP contribution < -0.4 is 10.6 Å². The number of allylic oxidation sites excluding steroid dienone is 1. The van der Waals surface area contributed by atoms with E-state index in [2.05, 4.69) is 43.5 Å². The molecular weight excluding hydrogens is 286 g/mol. The number of carbonyl (C=O) groups is 1. The molecule has 132 valence electrons. The SMILES string of the molecule is C=CCCCCCCCCC1NC=C[N+]1(CC)C(C)NC(C)=O. The quantitative estimate of drug-likeness (QED) is 0.324. The summed E-state index contributed by atoms with van der Waals surface area (Å²) in [6.07, 6.45) is 16.9. The molecule has 1 amide bonds. The van der Waals surface area contributed by atoms with E-state index in [1.807, 2.05) is 6.08 Å². The number of hydrogen-bond donors (Lipinski definition) is 2. The van der Waals surface area contributed by atoms with Crippen LogP contribution in [0.5, 0.6) is 0 Å². The first kappa shape index (κ1) is 19.8. The smallest absolute Gasteiger partial charge is 0.221 e. The number of carbonyl (C=O) groups excluding carboxylic acids is 1. The van der Waals surface area contributed by atoms with Gasteiger partial charge in [-0.05, 0) is 26.2 Å². The van der Waals surface area contributed by atoms with Crippen molar-refractivity contribution in [2.75, 3.05) is 6.54 Å². The Morgan fingerprint density at radius 3 is 2.57 bits per heavy atom. The van der Waals surface area contributed by atoms with Crippen molar-refractivity contribution in [1.82, 2.24) is 10.6 Å². The molecule has 0 bridgehead atoms. The lowest BCUT2D eigenvalue weighted by molar-refractivity contribution is -0.923. The van der Waals surface area contributed by atoms with Crippen molar-refractivity contribution >= 4 is 5.91 Å². The topological polar surface area (TPSA) is 41.1 Å². The largest absolute Gasteiger partial charge is 0.338 e. The lowest BCUT2D eigenvalue weighted by atomic mass is 10.1. The molecule has 0 saturated carbocycles. The van der Waals surface area contributed by atoms with Crippen LogP contribution >= 0.6 is 0 Å². The molecule has 0 aromatic rings. The van der Waals surface area contributed by atoms with Gasteiger partial charge >= 0.3 is 0 Å². The highest BCUT2D eigenvalue weighted by molar-refractivity contribution is 5.72. The summed E-state index contributed by atoms with van der Waals surface area (Å²) in [5, 5.41) is 6.57. The van der Waals surface area contributed by atoms with Gasteiger partial charge < -0.3 is 10.6 Å². The minimum absolute atomic E-state index is 0.0435. The molecule has 4 nitrogen and oxygen atoms in total. The summed E-state index contributed by atoms with van der Waals surface area (Å²) in [5.41, 5.74) is 0. The summed E-state index contributed by atoms with van der Waals surface area (Å²) in [5.74, 6) is 0.0435. The molecular formula is C19H36N3O+. The Kier molecular flexibility index (Phi) is 9.00. The van der Waals surface area contributed by atoms with Gasteiger partial charge in [-0.15, -0.1) is 6.58 Å². The second-order valence-corrected chi connectivity index (χ2v) is 6.67. The van der Waals surface area contributed by atoms with Crippen LogP contribution in [0.25, 0.3) is 0 Å². The summed E-state index contributed by atoms with van der Waals surface area (Å²) in [7, 11) is 0. The average molecular weight is 323 g/mol. The minimum atomic E-state index is 0.0435. The van der Waals surface area contributed by atoms with E-state index < -0.39 is 0 Å². The summed E-state index contributed by atoms with van der Waals surface area (Å²) in [6.45, 7) is 10.6. The summed E-state index contributed by atoms with van der Waals surface area (Å²) < 4.78 is 0.804. The van der Waals surface area contributed by atoms with E-state index in [1.165, 1.54) is 38.5 Å². The van der Waals surface area contributed by atoms with Crippen molar-refractivity contribution in [1.29, 1.82) is 0 Å². The molecule has 1 aliphatic rings. The van der Waals surface area contributed by atoms with Crippen LogP contribution in [0.4, 0.5) is 0 Å². The zero-order chi connectivity index (χ0) is 17.1. The summed E-state index contributed by atoms with van der Waals surface area (Å²) in [6, 6.07) is 0. The van der Waals surface area contributed by atoms with Gasteiger partial charge in [0.05, 0.1) is 12.7 Å². The van der Waals surface area contributed by atoms with Crippen molar-refractivity contribution in [2.24, 2.45) is 0 Å². The Hall–Kier alpha value is -1.29. The van der Waals surface area contributed by atoms with E-state index in [0.29, 0.717) is 6.17 Å². The van der Waals surface area contributed by atoms with Crippen molar-refractivity contribution in [2.45, 2.75) is 84.5 Å². The van der Waals surface area contributed by atoms with Crippen molar-refractivity contribution in [3.8, 4) is 0 Å². The Balaban J connectivity index is 2.34. The Labute approximate surface area is 142 Å². The normalized spacial score (nSPS) is 24.2. The van der Waals surface area contributed by atoms with Gasteiger partial charge in [0, 0.05) is 20.3 Å². The first-order chi connectivity index (χ1) is 11.1. The van der Waals surface area contributed by atoms with Gasteiger partial charge in [0.15, 0.2) is 12.3 Å². The zero-order valence-corrected chi connectivity index (χ0v) is 15.3. The van der Waals surface area contributed by atoms with Crippen LogP contribution in [0.15, 0.2) is 25.1 Å². The first-order valence-electron chi connectivity index (χ1n) is 9.25. The van der Waals surface area contributed by atoms with Gasteiger partial charge in [0.1, 0.15) is 6.20 Å². The second-order valence-electron chi connectivity index (χ2n) is 6.67. The fourth-order valence-electron chi connectivity index (χ4n) is 3.61. The Morgan fingerprint density at radius 2 is 1.96 bits per heavy atom. The van der Waals surface area contributed by atoms with Crippen LogP contribution in [0.1, 0.15) is 72.1 Å². The number of nitrogens with one attached hydrogen (secondary N) is 2. The highest BCUT2D eigenvalue weighted by atomic mass is 16.1. The third kappa shape index (κ3) is 6.02. The number of rotatable bonds is 12. The standard InChI is InChI=1S/C19H35N3O/c1-5-7-8-9-10-11-12-13-14-19-20-15-16-22(19,6-2)17(3)21-18(4)23/h5,15-17,19-20H,1,6-14H2,2-4H3/p+1. The van der Waals surface area contributed by atoms with E-state index in [4.69, 9.17) is 0 Å². The van der Waals surface area contributed by atoms with E-state index >= 15 is 0 Å². The maximum absolute atomic E-state index is 11.4. The van der Waals surface area contributed by atoms with Gasteiger partial charge in [0.25, 0.3) is 0 Å². The predicted molar refractivity (Wildman–Crippen MR) is 97.3 cm³/mol. The summed E-state index contributed by atoms with van der Waals surface area (Å²) >= 11 is 0. The fourth-order valence-corrected chi connectivity index (χ4v) is 3.61. The average Bonchev–Trinajstić information content (AvgIpc) is 2.93. The highest BCUT2D eigenvalue weighted by Crippen LogP contribution is 2.26. The van der Waals surface area contributed by atoms with Crippen molar-refractivity contribution in [3.05, 3.63) is 25.1 Å². The molecule has 3 atom stereocenters. The van der Waals surface area contributed by atoms with E-state index in [9.17, 15) is 4.79 Å². The zero-order valence-electron chi connectivity index (χ0n) is 15.3. The van der Waals surface area contributed by atoms with Crippen LogP contribution in [-0.2, 0) is 4.79 Å². The lowest BCUT2D eigenvalue weighted by Gasteiger charge is -2.41. The molecule has 0 radical (unpaired) electrons. The number of nitrogens with zero attached hydrogens (tertiary/aromatic N) is 1. The molecule has 0 fully saturated rings. The third-order valence-corrected chi connectivity index (χ3v) is 5.04. The molecule has 0 aromatic heterocycles. The number of unbranched alkanes of at least 4 members (excludes halogenated alkanes) is 6. The number of quaternary nitrogens is 1. The molecule has 1 aliphatic heterocycles. The molecule has 0 spiro atoms. The van der Waals surface area contributed by atoms with Crippen molar-refractivity contribution < 1.29 is 9.28 Å². The monoisotopic (exact) mass is 322 g/mol. The second kappa shape index (κ2) is 10.5. The van der Waals surface area contributed by atoms with E-state index in [0.717, 1.165) is 23.9 Å². The molecule has 1 heterocycles. The maximum atomic E-state index is 11.4. The molecule has 0 saturated heterocycles.